The van der Waals surface area contributed by atoms with Crippen LogP contribution in [0.5, 0.6) is 0 Å². The summed E-state index contributed by atoms with van der Waals surface area (Å²) in [5.41, 5.74) is 16.5. The fourth-order valence-corrected chi connectivity index (χ4v) is 3.99. The minimum Gasteiger partial charge on any atom is -0.465 e. The number of benzene rings is 1. The van der Waals surface area contributed by atoms with Gasteiger partial charge >= 0.3 is 6.09 Å². The van der Waals surface area contributed by atoms with Crippen molar-refractivity contribution in [2.24, 2.45) is 0 Å². The highest BCUT2D eigenvalue weighted by atomic mass is 16.4. The standard InChI is InChI=1S/C20H26N4O2/c1-20(2,24-19(25)26)11-14-5-3-4-12-10-13(6-7-15(12)14)16-8-9-23-18(22)17(16)21/h6-10,14,24H,3-5,11,21H2,1-2H3,(H2,22,23)(H,25,26). The third-order valence-corrected chi connectivity index (χ3v) is 5.12. The van der Waals surface area contributed by atoms with Crippen LogP contribution in [0.15, 0.2) is 30.5 Å². The second-order valence-corrected chi connectivity index (χ2v) is 7.68. The zero-order valence-corrected chi connectivity index (χ0v) is 15.2. The first-order valence-corrected chi connectivity index (χ1v) is 8.91. The van der Waals surface area contributed by atoms with Gasteiger partial charge in [-0.05, 0) is 68.2 Å². The molecule has 1 aromatic heterocycles. The van der Waals surface area contributed by atoms with Gasteiger partial charge in [0.1, 0.15) is 5.82 Å². The number of carboxylic acid groups (broad SMARTS) is 1. The van der Waals surface area contributed by atoms with Crippen LogP contribution in [-0.4, -0.2) is 21.7 Å². The summed E-state index contributed by atoms with van der Waals surface area (Å²) in [4.78, 5) is 15.1. The van der Waals surface area contributed by atoms with Crippen LogP contribution in [0.3, 0.4) is 0 Å². The lowest BCUT2D eigenvalue weighted by Crippen LogP contribution is -2.44. The van der Waals surface area contributed by atoms with Crippen LogP contribution in [0.4, 0.5) is 16.3 Å². The number of rotatable bonds is 4. The summed E-state index contributed by atoms with van der Waals surface area (Å²) < 4.78 is 0. The molecule has 0 aliphatic heterocycles. The van der Waals surface area contributed by atoms with Crippen molar-refractivity contribution in [3.05, 3.63) is 41.6 Å². The number of fused-ring (bicyclic) bond motifs is 1. The third-order valence-electron chi connectivity index (χ3n) is 5.12. The minimum atomic E-state index is -0.980. The molecule has 1 aliphatic rings. The Labute approximate surface area is 153 Å². The second-order valence-electron chi connectivity index (χ2n) is 7.68. The van der Waals surface area contributed by atoms with E-state index in [1.54, 1.807) is 6.20 Å². The first-order valence-electron chi connectivity index (χ1n) is 8.91. The van der Waals surface area contributed by atoms with E-state index in [0.717, 1.165) is 36.8 Å². The Morgan fingerprint density at radius 3 is 2.85 bits per heavy atom. The fraction of sp³-hybridized carbons (Fsp3) is 0.400. The molecular weight excluding hydrogens is 328 g/mol. The van der Waals surface area contributed by atoms with Gasteiger partial charge in [0.05, 0.1) is 5.69 Å². The van der Waals surface area contributed by atoms with Crippen LogP contribution >= 0.6 is 0 Å². The number of pyridine rings is 1. The molecule has 26 heavy (non-hydrogen) atoms. The van der Waals surface area contributed by atoms with E-state index >= 15 is 0 Å². The van der Waals surface area contributed by atoms with Gasteiger partial charge in [-0.3, -0.25) is 0 Å². The predicted molar refractivity (Wildman–Crippen MR) is 104 cm³/mol. The van der Waals surface area contributed by atoms with E-state index in [4.69, 9.17) is 16.6 Å². The lowest BCUT2D eigenvalue weighted by molar-refractivity contribution is 0.178. The summed E-state index contributed by atoms with van der Waals surface area (Å²) in [6.45, 7) is 3.87. The van der Waals surface area contributed by atoms with Gasteiger partial charge in [0.2, 0.25) is 0 Å². The highest BCUT2D eigenvalue weighted by Crippen LogP contribution is 2.39. The molecule has 6 nitrogen and oxygen atoms in total. The first-order chi connectivity index (χ1) is 12.3. The summed E-state index contributed by atoms with van der Waals surface area (Å²) in [6, 6.07) is 8.29. The van der Waals surface area contributed by atoms with E-state index < -0.39 is 11.6 Å². The van der Waals surface area contributed by atoms with Crippen molar-refractivity contribution in [1.82, 2.24) is 10.3 Å². The molecule has 0 fully saturated rings. The molecule has 0 spiro atoms. The molecule has 3 rings (SSSR count). The van der Waals surface area contributed by atoms with Crippen LogP contribution in [0.25, 0.3) is 11.1 Å². The van der Waals surface area contributed by atoms with E-state index in [9.17, 15) is 4.79 Å². The van der Waals surface area contributed by atoms with Crippen molar-refractivity contribution < 1.29 is 9.90 Å². The molecule has 1 heterocycles. The van der Waals surface area contributed by atoms with Crippen molar-refractivity contribution in [2.75, 3.05) is 11.5 Å². The molecule has 0 saturated heterocycles. The molecule has 2 aromatic rings. The zero-order chi connectivity index (χ0) is 18.9. The number of anilines is 2. The van der Waals surface area contributed by atoms with Crippen molar-refractivity contribution in [2.45, 2.75) is 51.0 Å². The number of hydrogen-bond donors (Lipinski definition) is 4. The van der Waals surface area contributed by atoms with Crippen LogP contribution in [0, 0.1) is 0 Å². The zero-order valence-electron chi connectivity index (χ0n) is 15.2. The largest absolute Gasteiger partial charge is 0.465 e. The maximum Gasteiger partial charge on any atom is 0.405 e. The Morgan fingerprint density at radius 2 is 2.12 bits per heavy atom. The highest BCUT2D eigenvalue weighted by molar-refractivity contribution is 5.82. The van der Waals surface area contributed by atoms with Crippen molar-refractivity contribution in [3.63, 3.8) is 0 Å². The number of hydrogen-bond acceptors (Lipinski definition) is 4. The quantitative estimate of drug-likeness (QED) is 0.667. The molecular formula is C20H26N4O2. The van der Waals surface area contributed by atoms with Crippen LogP contribution in [-0.2, 0) is 6.42 Å². The maximum atomic E-state index is 11.0. The third kappa shape index (κ3) is 3.74. The number of aryl methyl sites for hydroxylation is 1. The van der Waals surface area contributed by atoms with E-state index in [0.29, 0.717) is 17.4 Å². The second kappa shape index (κ2) is 6.86. The highest BCUT2D eigenvalue weighted by Gasteiger charge is 2.29. The minimum absolute atomic E-state index is 0.342. The maximum absolute atomic E-state index is 11.0. The van der Waals surface area contributed by atoms with Gasteiger partial charge in [-0.25, -0.2) is 9.78 Å². The van der Waals surface area contributed by atoms with Crippen LogP contribution in [0.2, 0.25) is 0 Å². The SMILES string of the molecule is CC(C)(CC1CCCc2cc(-c3ccnc(N)c3N)ccc21)NC(=O)O. The molecule has 6 N–H and O–H groups in total. The average molecular weight is 354 g/mol. The molecule has 6 heteroatoms. The van der Waals surface area contributed by atoms with Gasteiger partial charge in [-0.2, -0.15) is 0 Å². The number of nitrogens with zero attached hydrogens (tertiary/aromatic N) is 1. The number of nitrogen functional groups attached to an aromatic ring is 2. The van der Waals surface area contributed by atoms with Gasteiger partial charge in [0, 0.05) is 17.3 Å². The van der Waals surface area contributed by atoms with E-state index in [1.807, 2.05) is 19.9 Å². The smallest absolute Gasteiger partial charge is 0.405 e. The fourth-order valence-electron chi connectivity index (χ4n) is 3.99. The molecule has 1 aromatic carbocycles. The molecule has 1 aliphatic carbocycles. The lowest BCUT2D eigenvalue weighted by Gasteiger charge is -2.33. The molecule has 138 valence electrons. The number of carbonyl (C=O) groups is 1. The average Bonchev–Trinajstić information content (AvgIpc) is 2.55. The normalized spacial score (nSPS) is 16.8. The summed E-state index contributed by atoms with van der Waals surface area (Å²) in [6.07, 6.45) is 4.65. The van der Waals surface area contributed by atoms with Crippen molar-refractivity contribution in [3.8, 4) is 11.1 Å². The van der Waals surface area contributed by atoms with Gasteiger partial charge in [0.25, 0.3) is 0 Å². The number of aromatic nitrogens is 1. The summed E-state index contributed by atoms with van der Waals surface area (Å²) in [5.74, 6) is 0.689. The van der Waals surface area contributed by atoms with E-state index in [2.05, 4.69) is 28.5 Å². The number of amides is 1. The molecule has 0 bridgehead atoms. The predicted octanol–water partition coefficient (Wildman–Crippen LogP) is 3.77. The van der Waals surface area contributed by atoms with Crippen molar-refractivity contribution in [1.29, 1.82) is 0 Å². The first kappa shape index (κ1) is 18.0. The van der Waals surface area contributed by atoms with Crippen LogP contribution in [0.1, 0.15) is 50.2 Å². The van der Waals surface area contributed by atoms with Gasteiger partial charge in [0.15, 0.2) is 0 Å². The Hall–Kier alpha value is -2.76. The molecule has 1 amide bonds. The Balaban J connectivity index is 1.90. The Morgan fingerprint density at radius 1 is 1.35 bits per heavy atom. The van der Waals surface area contributed by atoms with E-state index in [-0.39, 0.29) is 0 Å². The monoisotopic (exact) mass is 354 g/mol. The lowest BCUT2D eigenvalue weighted by atomic mass is 9.76. The van der Waals surface area contributed by atoms with Gasteiger partial charge < -0.3 is 21.9 Å². The van der Waals surface area contributed by atoms with Crippen molar-refractivity contribution >= 4 is 17.6 Å². The summed E-state index contributed by atoms with van der Waals surface area (Å²) in [7, 11) is 0. The number of nitrogens with one attached hydrogen (secondary N) is 1. The van der Waals surface area contributed by atoms with Gasteiger partial charge in [-0.1, -0.05) is 18.2 Å². The molecule has 1 unspecified atom stereocenters. The molecule has 0 saturated carbocycles. The molecule has 1 atom stereocenters. The Bertz CT molecular complexity index is 833. The van der Waals surface area contributed by atoms with Gasteiger partial charge in [-0.15, -0.1) is 0 Å². The van der Waals surface area contributed by atoms with E-state index in [1.165, 1.54) is 11.1 Å². The summed E-state index contributed by atoms with van der Waals surface area (Å²) >= 11 is 0. The molecule has 0 radical (unpaired) electrons. The summed E-state index contributed by atoms with van der Waals surface area (Å²) in [5, 5.41) is 11.7. The topological polar surface area (TPSA) is 114 Å². The Kier molecular flexibility index (Phi) is 4.76. The van der Waals surface area contributed by atoms with Crippen LogP contribution < -0.4 is 16.8 Å². The number of nitrogens with two attached hydrogens (primary N) is 2.